The number of rotatable bonds is 2. The molecule has 0 aromatic heterocycles. The Morgan fingerprint density at radius 1 is 1.08 bits per heavy atom. The van der Waals surface area contributed by atoms with Gasteiger partial charge in [-0.2, -0.15) is 0 Å². The summed E-state index contributed by atoms with van der Waals surface area (Å²) in [6.45, 7) is 1.95. The molecule has 0 saturated heterocycles. The molecule has 0 fully saturated rings. The van der Waals surface area contributed by atoms with Crippen LogP contribution in [0.15, 0.2) is 30.3 Å². The third-order valence-corrected chi connectivity index (χ3v) is 6.05. The predicted molar refractivity (Wildman–Crippen MR) is 58.2 cm³/mol. The van der Waals surface area contributed by atoms with Crippen LogP contribution >= 0.6 is 33.2 Å². The van der Waals surface area contributed by atoms with Crippen LogP contribution in [0.3, 0.4) is 0 Å². The first-order valence-electron chi connectivity index (χ1n) is 3.63. The molecule has 0 amide bonds. The van der Waals surface area contributed by atoms with Gasteiger partial charge in [0.05, 0.1) is 0 Å². The van der Waals surface area contributed by atoms with Crippen molar-refractivity contribution in [2.24, 2.45) is 0 Å². The lowest BCUT2D eigenvalue weighted by Gasteiger charge is -2.17. The van der Waals surface area contributed by atoms with Crippen molar-refractivity contribution in [2.75, 3.05) is 0 Å². The lowest BCUT2D eigenvalue weighted by Crippen LogP contribution is -2.20. The maximum absolute atomic E-state index is 5.89. The highest BCUT2D eigenvalue weighted by atomic mass is 35.8. The number of hydrogen-bond acceptors (Lipinski definition) is 0. The Balaban J connectivity index is 2.86. The number of hydrogen-bond donors (Lipinski definition) is 0. The average molecular weight is 240 g/mol. The topological polar surface area (TPSA) is 0 Å². The minimum absolute atomic E-state index is 0.0590. The summed E-state index contributed by atoms with van der Waals surface area (Å²) in [5.74, 6) is 0. The van der Waals surface area contributed by atoms with E-state index >= 15 is 0 Å². The summed E-state index contributed by atoms with van der Waals surface area (Å²) in [6.07, 6.45) is 0. The van der Waals surface area contributed by atoms with E-state index in [1.807, 2.05) is 37.3 Å². The molecule has 12 heavy (non-hydrogen) atoms. The van der Waals surface area contributed by atoms with Gasteiger partial charge in [-0.15, -0.1) is 33.2 Å². The van der Waals surface area contributed by atoms with E-state index in [1.54, 1.807) is 0 Å². The van der Waals surface area contributed by atoms with Gasteiger partial charge in [0.25, 0.3) is 0 Å². The summed E-state index contributed by atoms with van der Waals surface area (Å²) in [5, 5.41) is 0. The molecule has 1 aromatic carbocycles. The fourth-order valence-electron chi connectivity index (χ4n) is 0.931. The number of benzene rings is 1. The van der Waals surface area contributed by atoms with Gasteiger partial charge in [-0.1, -0.05) is 37.3 Å². The highest BCUT2D eigenvalue weighted by Gasteiger charge is 2.34. The lowest BCUT2D eigenvalue weighted by atomic mass is 10.2. The van der Waals surface area contributed by atoms with Crippen molar-refractivity contribution in [3.63, 3.8) is 0 Å². The summed E-state index contributed by atoms with van der Waals surface area (Å²) in [6, 6.07) is 7.25. The van der Waals surface area contributed by atoms with Crippen LogP contribution in [0.1, 0.15) is 18.0 Å². The molecule has 1 atom stereocenters. The molecule has 4 heteroatoms. The van der Waals surface area contributed by atoms with Gasteiger partial charge in [0.15, 0.2) is 0 Å². The average Bonchev–Trinajstić information content (AvgIpc) is 2.03. The molecule has 0 aliphatic carbocycles. The Hall–Kier alpha value is 0.307. The Kier molecular flexibility index (Phi) is 3.47. The molecule has 66 valence electrons. The second kappa shape index (κ2) is 4.01. The van der Waals surface area contributed by atoms with Gasteiger partial charge in [-0.25, -0.2) is 0 Å². The molecule has 0 saturated carbocycles. The molecule has 0 heterocycles. The Morgan fingerprint density at radius 3 is 2.00 bits per heavy atom. The lowest BCUT2D eigenvalue weighted by molar-refractivity contribution is 1.07. The van der Waals surface area contributed by atoms with E-state index in [9.17, 15) is 0 Å². The second-order valence-corrected chi connectivity index (χ2v) is 11.7. The molecule has 0 bridgehead atoms. The van der Waals surface area contributed by atoms with E-state index in [0.717, 1.165) is 5.56 Å². The van der Waals surface area contributed by atoms with Crippen LogP contribution in [0.4, 0.5) is 0 Å². The van der Waals surface area contributed by atoms with Crippen LogP contribution in [0.2, 0.25) is 0 Å². The van der Waals surface area contributed by atoms with E-state index in [2.05, 4.69) is 0 Å². The highest BCUT2D eigenvalue weighted by molar-refractivity contribution is 7.65. The fourth-order valence-corrected chi connectivity index (χ4v) is 2.64. The van der Waals surface area contributed by atoms with Crippen LogP contribution in [0, 0.1) is 0 Å². The van der Waals surface area contributed by atoms with E-state index in [4.69, 9.17) is 33.2 Å². The van der Waals surface area contributed by atoms with Crippen molar-refractivity contribution < 1.29 is 0 Å². The van der Waals surface area contributed by atoms with Crippen molar-refractivity contribution in [2.45, 2.75) is 12.5 Å². The first-order chi connectivity index (χ1) is 5.52. The van der Waals surface area contributed by atoms with Crippen LogP contribution in [-0.2, 0) is 0 Å². The monoisotopic (exact) mass is 238 g/mol. The third kappa shape index (κ3) is 2.66. The highest BCUT2D eigenvalue weighted by Crippen LogP contribution is 2.35. The molecule has 0 aliphatic rings. The van der Waals surface area contributed by atoms with Gasteiger partial charge in [0.1, 0.15) is 0 Å². The largest absolute Gasteiger partial charge is 0.348 e. The smallest absolute Gasteiger partial charge is 0.125 e. The minimum Gasteiger partial charge on any atom is -0.125 e. The maximum atomic E-state index is 5.89. The number of halogens is 3. The SMILES string of the molecule is C[C@H](c1ccccc1)[Si](Cl)(Cl)Cl. The molecular weight excluding hydrogens is 231 g/mol. The van der Waals surface area contributed by atoms with Crippen molar-refractivity contribution in [3.05, 3.63) is 35.9 Å². The summed E-state index contributed by atoms with van der Waals surface area (Å²) < 4.78 is 0. The zero-order valence-corrected chi connectivity index (χ0v) is 9.87. The van der Waals surface area contributed by atoms with Gasteiger partial charge < -0.3 is 0 Å². The Labute approximate surface area is 87.6 Å². The molecular formula is C8H9Cl3Si. The Morgan fingerprint density at radius 2 is 1.58 bits per heavy atom. The van der Waals surface area contributed by atoms with Gasteiger partial charge in [-0.3, -0.25) is 0 Å². The van der Waals surface area contributed by atoms with E-state index < -0.39 is 6.00 Å². The normalized spacial score (nSPS) is 14.3. The van der Waals surface area contributed by atoms with Crippen molar-refractivity contribution in [1.29, 1.82) is 0 Å². The molecule has 0 N–H and O–H groups in total. The van der Waals surface area contributed by atoms with E-state index in [0.29, 0.717) is 0 Å². The van der Waals surface area contributed by atoms with Crippen LogP contribution in [0.5, 0.6) is 0 Å². The molecule has 0 aliphatic heterocycles. The zero-order chi connectivity index (χ0) is 9.19. The molecule has 0 nitrogen and oxygen atoms in total. The predicted octanol–water partition coefficient (Wildman–Crippen LogP) is 3.98. The van der Waals surface area contributed by atoms with Gasteiger partial charge in [0, 0.05) is 5.54 Å². The summed E-state index contributed by atoms with van der Waals surface area (Å²) in [4.78, 5) is 0. The molecule has 0 radical (unpaired) electrons. The fraction of sp³-hybridized carbons (Fsp3) is 0.250. The van der Waals surface area contributed by atoms with Gasteiger partial charge in [0.2, 0.25) is 0 Å². The molecule has 0 unspecified atom stereocenters. The van der Waals surface area contributed by atoms with Crippen LogP contribution in [0.25, 0.3) is 0 Å². The van der Waals surface area contributed by atoms with Gasteiger partial charge in [-0.05, 0) is 5.56 Å². The maximum Gasteiger partial charge on any atom is 0.348 e. The first-order valence-corrected chi connectivity index (χ1v) is 8.75. The summed E-state index contributed by atoms with van der Waals surface area (Å²) >= 11 is 17.7. The molecule has 0 spiro atoms. The van der Waals surface area contributed by atoms with Crippen molar-refractivity contribution in [1.82, 2.24) is 0 Å². The van der Waals surface area contributed by atoms with Crippen LogP contribution in [-0.4, -0.2) is 6.00 Å². The standard InChI is InChI=1S/C8H9Cl3Si/c1-7(12(9,10)11)8-5-3-2-4-6-8/h2-7H,1H3/t7-/m1/s1. The zero-order valence-electron chi connectivity index (χ0n) is 6.60. The summed E-state index contributed by atoms with van der Waals surface area (Å²) in [5.41, 5.74) is 1.16. The summed E-state index contributed by atoms with van der Waals surface area (Å²) in [7, 11) is 0. The molecule has 1 rings (SSSR count). The second-order valence-electron chi connectivity index (χ2n) is 2.67. The first kappa shape index (κ1) is 10.4. The Bertz CT molecular complexity index is 242. The van der Waals surface area contributed by atoms with Gasteiger partial charge >= 0.3 is 6.00 Å². The van der Waals surface area contributed by atoms with Crippen LogP contribution < -0.4 is 0 Å². The van der Waals surface area contributed by atoms with Crippen molar-refractivity contribution in [3.8, 4) is 0 Å². The third-order valence-electron chi connectivity index (χ3n) is 1.79. The van der Waals surface area contributed by atoms with E-state index in [-0.39, 0.29) is 5.54 Å². The quantitative estimate of drug-likeness (QED) is 0.541. The van der Waals surface area contributed by atoms with E-state index in [1.165, 1.54) is 0 Å². The minimum atomic E-state index is -2.58. The van der Waals surface area contributed by atoms with Crippen molar-refractivity contribution >= 4 is 39.2 Å². The molecule has 1 aromatic rings.